The maximum Gasteiger partial charge on any atom is 0.503 e. The second kappa shape index (κ2) is 11.0. The molecule has 0 aliphatic carbocycles. The van der Waals surface area contributed by atoms with Crippen LogP contribution in [0, 0.1) is 0 Å². The Morgan fingerprint density at radius 1 is 1.11 bits per heavy atom. The van der Waals surface area contributed by atoms with E-state index in [1.165, 1.54) is 0 Å². The van der Waals surface area contributed by atoms with Gasteiger partial charge in [0, 0.05) is 51.4 Å². The van der Waals surface area contributed by atoms with E-state index in [4.69, 9.17) is 19.8 Å². The van der Waals surface area contributed by atoms with Gasteiger partial charge in [0.05, 0.1) is 0 Å². The molecule has 0 aromatic rings. The maximum absolute atomic E-state index is 9.00. The number of nitrogens with two attached hydrogens (primary N) is 2. The molecule has 0 fully saturated rings. The van der Waals surface area contributed by atoms with Gasteiger partial charge < -0.3 is 21.7 Å². The summed E-state index contributed by atoms with van der Waals surface area (Å²) in [6, 6.07) is -0.833. The molecule has 0 heterocycles. The Labute approximate surface area is 93.6 Å². The third-order valence-electron chi connectivity index (χ3n) is 0. The van der Waals surface area contributed by atoms with E-state index in [-0.39, 0.29) is 51.4 Å². The second-order valence-corrected chi connectivity index (χ2v) is 0.685. The summed E-state index contributed by atoms with van der Waals surface area (Å²) in [7, 11) is 0. The molecule has 0 bridgehead atoms. The molecule has 6 nitrogen and oxygen atoms in total. The summed E-state index contributed by atoms with van der Waals surface area (Å²) in [6.45, 7) is 0. The number of urea groups is 1. The van der Waals surface area contributed by atoms with E-state index in [0.29, 0.717) is 0 Å². The second-order valence-electron chi connectivity index (χ2n) is 0.685. The van der Waals surface area contributed by atoms with Crippen LogP contribution in [-0.2, 0) is 0 Å². The van der Waals surface area contributed by atoms with Crippen LogP contribution in [0.3, 0.4) is 0 Å². The number of carboxylic acid groups (broad SMARTS) is 2. The largest absolute Gasteiger partial charge is 0.503 e. The quantitative estimate of drug-likeness (QED) is 0.335. The van der Waals surface area contributed by atoms with Gasteiger partial charge in [0.2, 0.25) is 0 Å². The van der Waals surface area contributed by atoms with E-state index in [9.17, 15) is 0 Å². The molecule has 0 spiro atoms. The molecule has 0 atom stereocenters. The van der Waals surface area contributed by atoms with Crippen LogP contribution in [0.2, 0.25) is 0 Å². The van der Waals surface area contributed by atoms with Gasteiger partial charge in [0.1, 0.15) is 0 Å². The molecular weight excluding hydrogens is 155 g/mol. The van der Waals surface area contributed by atoms with Gasteiger partial charge in [0.15, 0.2) is 0 Å². The maximum atomic E-state index is 9.00. The average molecular weight is 161 g/mol. The summed E-state index contributed by atoms with van der Waals surface area (Å²) in [5, 5.41) is 13.9. The van der Waals surface area contributed by atoms with Crippen molar-refractivity contribution in [3.8, 4) is 0 Å². The molecule has 0 saturated carbocycles. The third kappa shape index (κ3) is 10000. The minimum Gasteiger partial charge on any atom is -0.450 e. The number of amides is 2. The van der Waals surface area contributed by atoms with Gasteiger partial charge in [0.25, 0.3) is 0 Å². The molecule has 0 unspecified atom stereocenters. The van der Waals surface area contributed by atoms with Gasteiger partial charge in [-0.05, 0) is 0 Å². The van der Waals surface area contributed by atoms with Crippen LogP contribution in [0.25, 0.3) is 0 Å². The summed E-state index contributed by atoms with van der Waals surface area (Å²) in [5.41, 5.74) is 8.50. The van der Waals surface area contributed by atoms with Gasteiger partial charge in [-0.3, -0.25) is 0 Å². The molecule has 49 valence electrons. The zero-order valence-corrected chi connectivity index (χ0v) is 7.99. The van der Waals surface area contributed by atoms with Crippen LogP contribution >= 0.6 is 0 Å². The topological polar surface area (TPSA) is 127 Å². The monoisotopic (exact) mass is 161 g/mol. The van der Waals surface area contributed by atoms with E-state index in [0.717, 1.165) is 0 Å². The molecule has 0 aromatic heterocycles. The van der Waals surface area contributed by atoms with Crippen LogP contribution < -0.4 is 11.5 Å². The van der Waals surface area contributed by atoms with Crippen LogP contribution in [-0.4, -0.2) is 73.8 Å². The molecule has 7 heteroatoms. The number of rotatable bonds is 0. The normalized spacial score (nSPS) is 5.33. The molecule has 0 saturated heterocycles. The van der Waals surface area contributed by atoms with Crippen molar-refractivity contribution in [1.82, 2.24) is 0 Å². The standard InChI is InChI=1S/CH4N2O.CH2O3.K/c2*2-1(3)4;/h(H4,2,3,4);(H2,2,3,4);. The number of hydrogen-bond donors (Lipinski definition) is 4. The first-order chi connectivity index (χ1) is 3.46. The first-order valence-electron chi connectivity index (χ1n) is 1.43. The molecule has 0 rings (SSSR count). The first-order valence-corrected chi connectivity index (χ1v) is 1.43. The fourth-order valence-corrected chi connectivity index (χ4v) is 0. The third-order valence-corrected chi connectivity index (χ3v) is 0. The average Bonchev–Trinajstić information content (AvgIpc) is 1.25. The molecule has 9 heavy (non-hydrogen) atoms. The summed E-state index contributed by atoms with van der Waals surface area (Å²) < 4.78 is 0. The SMILES string of the molecule is NC(N)=O.O=C(O)O.[K]. The predicted octanol–water partition coefficient (Wildman–Crippen LogP) is -1.13. The van der Waals surface area contributed by atoms with E-state index in [1.807, 2.05) is 0 Å². The minimum absolute atomic E-state index is 0. The zero-order chi connectivity index (χ0) is 7.15. The Morgan fingerprint density at radius 3 is 1.11 bits per heavy atom. The van der Waals surface area contributed by atoms with Crippen LogP contribution in [0.1, 0.15) is 0 Å². The molecule has 2 amide bonds. The van der Waals surface area contributed by atoms with Crippen molar-refractivity contribution in [3.05, 3.63) is 0 Å². The predicted molar refractivity (Wildman–Crippen MR) is 30.2 cm³/mol. The summed E-state index contributed by atoms with van der Waals surface area (Å²) in [4.78, 5) is 17.6. The fraction of sp³-hybridized carbons (Fsp3) is 0. The molecular formula is C2H6KN2O4. The van der Waals surface area contributed by atoms with Crippen molar-refractivity contribution in [2.45, 2.75) is 0 Å². The zero-order valence-electron chi connectivity index (χ0n) is 4.87. The van der Waals surface area contributed by atoms with Crippen molar-refractivity contribution in [2.75, 3.05) is 0 Å². The van der Waals surface area contributed by atoms with Crippen molar-refractivity contribution < 1.29 is 19.8 Å². The number of carbonyl (C=O) groups excluding carboxylic acids is 1. The number of hydrogen-bond acceptors (Lipinski definition) is 2. The molecule has 0 aliphatic rings. The van der Waals surface area contributed by atoms with Gasteiger partial charge in [-0.2, -0.15) is 0 Å². The Hall–Kier alpha value is 0.176. The molecule has 0 aliphatic heterocycles. The Balaban J connectivity index is -0.0000000720. The van der Waals surface area contributed by atoms with Crippen LogP contribution in [0.15, 0.2) is 0 Å². The van der Waals surface area contributed by atoms with Crippen molar-refractivity contribution in [3.63, 3.8) is 0 Å². The molecule has 0 aromatic carbocycles. The number of primary amides is 2. The van der Waals surface area contributed by atoms with Crippen molar-refractivity contribution >= 4 is 63.6 Å². The van der Waals surface area contributed by atoms with E-state index >= 15 is 0 Å². The van der Waals surface area contributed by atoms with E-state index in [2.05, 4.69) is 11.5 Å². The van der Waals surface area contributed by atoms with Crippen molar-refractivity contribution in [2.24, 2.45) is 11.5 Å². The summed E-state index contributed by atoms with van der Waals surface area (Å²) >= 11 is 0. The van der Waals surface area contributed by atoms with Gasteiger partial charge in [-0.15, -0.1) is 0 Å². The summed E-state index contributed by atoms with van der Waals surface area (Å²) in [5.74, 6) is 0. The summed E-state index contributed by atoms with van der Waals surface area (Å²) in [6.07, 6.45) is -1.83. The Morgan fingerprint density at radius 2 is 1.11 bits per heavy atom. The smallest absolute Gasteiger partial charge is 0.450 e. The van der Waals surface area contributed by atoms with Crippen LogP contribution in [0.4, 0.5) is 9.59 Å². The van der Waals surface area contributed by atoms with Gasteiger partial charge >= 0.3 is 12.2 Å². The van der Waals surface area contributed by atoms with E-state index < -0.39 is 12.2 Å². The van der Waals surface area contributed by atoms with Gasteiger partial charge in [-0.25, -0.2) is 9.59 Å². The number of carbonyl (C=O) groups is 2. The Bertz CT molecular complexity index is 74.6. The molecule has 1 radical (unpaired) electrons. The van der Waals surface area contributed by atoms with Gasteiger partial charge in [-0.1, -0.05) is 0 Å². The van der Waals surface area contributed by atoms with Crippen molar-refractivity contribution in [1.29, 1.82) is 0 Å². The fourth-order valence-electron chi connectivity index (χ4n) is 0. The molecule has 6 N–H and O–H groups in total. The van der Waals surface area contributed by atoms with Crippen LogP contribution in [0.5, 0.6) is 0 Å². The minimum atomic E-state index is -1.83. The van der Waals surface area contributed by atoms with E-state index in [1.54, 1.807) is 0 Å². The Kier molecular flexibility index (Phi) is 19.7. The first kappa shape index (κ1) is 16.1.